The fourth-order valence-corrected chi connectivity index (χ4v) is 5.06. The third-order valence-corrected chi connectivity index (χ3v) is 6.87. The summed E-state index contributed by atoms with van der Waals surface area (Å²) in [6, 6.07) is 11.7. The van der Waals surface area contributed by atoms with E-state index in [1.54, 1.807) is 6.42 Å². The fourth-order valence-electron chi connectivity index (χ4n) is 5.06. The number of carbonyl (C=O) groups is 2. The second kappa shape index (κ2) is 13.0. The Hall–Kier alpha value is -2.62. The van der Waals surface area contributed by atoms with E-state index in [0.29, 0.717) is 18.2 Å². The van der Waals surface area contributed by atoms with Crippen LogP contribution in [0.4, 0.5) is 17.6 Å². The monoisotopic (exact) mass is 611 g/mol. The average Bonchev–Trinajstić information content (AvgIpc) is 3.08. The molecule has 2 fully saturated rings. The second-order valence-corrected chi connectivity index (χ2v) is 9.93. The van der Waals surface area contributed by atoms with E-state index in [1.807, 2.05) is 48.9 Å². The second-order valence-electron chi connectivity index (χ2n) is 9.93. The zero-order chi connectivity index (χ0) is 27.4. The van der Waals surface area contributed by atoms with Crippen molar-refractivity contribution in [3.8, 4) is 0 Å². The molecule has 1 radical (unpaired) electrons. The van der Waals surface area contributed by atoms with Gasteiger partial charge in [-0.25, -0.2) is 0 Å². The molecule has 2 aliphatic rings. The Morgan fingerprint density at radius 3 is 2.24 bits per heavy atom. The molecule has 0 saturated carbocycles. The van der Waals surface area contributed by atoms with Crippen LogP contribution in [-0.2, 0) is 42.9 Å². The molecule has 203 valence electrons. The number of hydrogen-bond donors (Lipinski definition) is 0. The first kappa shape index (κ1) is 31.6. The number of halogens is 4. The van der Waals surface area contributed by atoms with E-state index in [-0.39, 0.29) is 51.4 Å². The minimum atomic E-state index is -4.57. The number of hydrogen-bond acceptors (Lipinski definition) is 3. The van der Waals surface area contributed by atoms with Crippen molar-refractivity contribution in [2.75, 3.05) is 26.7 Å². The maximum absolute atomic E-state index is 12.8. The largest absolute Gasteiger partial charge is 2.00 e. The molecule has 2 aromatic carbocycles. The van der Waals surface area contributed by atoms with E-state index >= 15 is 0 Å². The van der Waals surface area contributed by atoms with Crippen molar-refractivity contribution in [2.24, 2.45) is 11.3 Å². The van der Waals surface area contributed by atoms with Gasteiger partial charge in [-0.05, 0) is 24.0 Å². The summed E-state index contributed by atoms with van der Waals surface area (Å²) in [7, 11) is 1.90. The van der Waals surface area contributed by atoms with Crippen molar-refractivity contribution in [3.63, 3.8) is 0 Å². The molecule has 2 saturated heterocycles. The Balaban J connectivity index is 0.000000309. The maximum Gasteiger partial charge on any atom is 2.00 e. The predicted molar refractivity (Wildman–Crippen MR) is 130 cm³/mol. The standard InChI is InChI=1S/C20H27N2O2.C8H3F4O.Nb/c1-15(2)13-17(23)22-11-9-20(10-12-22)14-21(3)19(24)18(20)16-7-5-4-6-8-16;9-7-2-1-6(8(10,11)12)3-5(7)4-13;/h4-8,13,15,18H,9-12,14H2,1-3H3;1-3H;/q2*-1;+2. The molecule has 2 aliphatic heterocycles. The van der Waals surface area contributed by atoms with Crippen LogP contribution in [0.5, 0.6) is 0 Å². The van der Waals surface area contributed by atoms with Crippen LogP contribution in [0.2, 0.25) is 0 Å². The van der Waals surface area contributed by atoms with Crippen LogP contribution in [0.15, 0.2) is 48.5 Å². The number of rotatable bonds is 4. The zero-order valence-corrected chi connectivity index (χ0v) is 23.7. The summed E-state index contributed by atoms with van der Waals surface area (Å²) in [5.74, 6) is -0.466. The molecule has 1 spiro atoms. The van der Waals surface area contributed by atoms with Crippen LogP contribution in [0, 0.1) is 23.6 Å². The fraction of sp³-hybridized carbons (Fsp3) is 0.429. The molecule has 4 rings (SSSR count). The SMILES string of the molecule is CC(C)[CH-]C(=O)N1CCC2(CC1)CN(C)C(=O)C2c1ccccc1.O=[C-]c1cc(C(F)(F)F)ccc1F.[Nb+2]. The van der Waals surface area contributed by atoms with Crippen LogP contribution < -0.4 is 0 Å². The third kappa shape index (κ3) is 7.27. The number of piperidine rings is 1. The van der Waals surface area contributed by atoms with Gasteiger partial charge in [0.2, 0.25) is 5.91 Å². The first-order valence-electron chi connectivity index (χ1n) is 12.1. The number of benzene rings is 2. The summed E-state index contributed by atoms with van der Waals surface area (Å²) in [5.41, 5.74) is -0.704. The van der Waals surface area contributed by atoms with Crippen molar-refractivity contribution in [1.82, 2.24) is 9.80 Å². The third-order valence-electron chi connectivity index (χ3n) is 6.87. The first-order chi connectivity index (χ1) is 17.4. The molecule has 38 heavy (non-hydrogen) atoms. The number of likely N-dealkylation sites (tertiary alicyclic amines) is 2. The van der Waals surface area contributed by atoms with Crippen molar-refractivity contribution in [2.45, 2.75) is 38.8 Å². The minimum absolute atomic E-state index is 0. The van der Waals surface area contributed by atoms with E-state index in [1.165, 1.54) is 0 Å². The average molecular weight is 611 g/mol. The van der Waals surface area contributed by atoms with Crippen molar-refractivity contribution < 1.29 is 54.3 Å². The van der Waals surface area contributed by atoms with E-state index in [2.05, 4.69) is 12.1 Å². The minimum Gasteiger partial charge on any atom is -0.376 e. The van der Waals surface area contributed by atoms with E-state index < -0.39 is 23.1 Å². The van der Waals surface area contributed by atoms with Crippen LogP contribution in [-0.4, -0.2) is 54.6 Å². The Bertz CT molecular complexity index is 1120. The molecular formula is C28H30F4N2NbO3. The molecule has 1 atom stereocenters. The Labute approximate surface area is 236 Å². The van der Waals surface area contributed by atoms with Gasteiger partial charge >= 0.3 is 28.6 Å². The summed E-state index contributed by atoms with van der Waals surface area (Å²) < 4.78 is 48.5. The van der Waals surface area contributed by atoms with Crippen LogP contribution >= 0.6 is 0 Å². The number of amides is 2. The van der Waals surface area contributed by atoms with Crippen molar-refractivity contribution in [3.05, 3.63) is 77.5 Å². The van der Waals surface area contributed by atoms with Crippen LogP contribution in [0.25, 0.3) is 0 Å². The number of nitrogens with zero attached hydrogens (tertiary/aromatic N) is 2. The molecule has 0 aliphatic carbocycles. The van der Waals surface area contributed by atoms with Gasteiger partial charge in [-0.2, -0.15) is 19.1 Å². The molecule has 5 nitrogen and oxygen atoms in total. The quantitative estimate of drug-likeness (QED) is 0.278. The van der Waals surface area contributed by atoms with Crippen molar-refractivity contribution >= 4 is 18.1 Å². The summed E-state index contributed by atoms with van der Waals surface area (Å²) in [6.45, 7) is 6.33. The topological polar surface area (TPSA) is 57.7 Å². The van der Waals surface area contributed by atoms with Gasteiger partial charge in [-0.1, -0.05) is 56.3 Å². The number of alkyl halides is 3. The van der Waals surface area contributed by atoms with Gasteiger partial charge in [-0.3, -0.25) is 9.18 Å². The van der Waals surface area contributed by atoms with Gasteiger partial charge in [-0.15, -0.1) is 11.6 Å². The maximum atomic E-state index is 12.8. The molecule has 0 N–H and O–H groups in total. The molecule has 0 bridgehead atoms. The normalized spacial score (nSPS) is 18.5. The van der Waals surface area contributed by atoms with Gasteiger partial charge in [0.1, 0.15) is 0 Å². The molecular weight excluding hydrogens is 581 g/mol. The van der Waals surface area contributed by atoms with Crippen LogP contribution in [0.3, 0.4) is 0 Å². The Morgan fingerprint density at radius 2 is 1.71 bits per heavy atom. The molecule has 2 amide bonds. The van der Waals surface area contributed by atoms with Crippen molar-refractivity contribution in [1.29, 1.82) is 0 Å². The molecule has 2 heterocycles. The predicted octanol–water partition coefficient (Wildman–Crippen LogP) is 5.01. The van der Waals surface area contributed by atoms with Gasteiger partial charge in [0.05, 0.1) is 18.1 Å². The summed E-state index contributed by atoms with van der Waals surface area (Å²) in [6.07, 6.45) is 0.0813. The smallest absolute Gasteiger partial charge is 0.376 e. The molecule has 1 unspecified atom stereocenters. The first-order valence-corrected chi connectivity index (χ1v) is 12.1. The van der Waals surface area contributed by atoms with Gasteiger partial charge < -0.3 is 25.8 Å². The molecule has 0 aromatic heterocycles. The zero-order valence-electron chi connectivity index (χ0n) is 21.5. The molecule has 10 heteroatoms. The van der Waals surface area contributed by atoms with Gasteiger partial charge in [0.25, 0.3) is 0 Å². The van der Waals surface area contributed by atoms with Gasteiger partial charge in [0.15, 0.2) is 0 Å². The number of likely N-dealkylation sites (N-methyl/N-ethyl adjacent to an activating group) is 1. The van der Waals surface area contributed by atoms with Crippen LogP contribution in [0.1, 0.15) is 49.3 Å². The Morgan fingerprint density at radius 1 is 1.11 bits per heavy atom. The summed E-state index contributed by atoms with van der Waals surface area (Å²) in [5, 5.41) is 0. The van der Waals surface area contributed by atoms with E-state index in [9.17, 15) is 31.9 Å². The van der Waals surface area contributed by atoms with E-state index in [4.69, 9.17) is 0 Å². The van der Waals surface area contributed by atoms with E-state index in [0.717, 1.165) is 44.3 Å². The summed E-state index contributed by atoms with van der Waals surface area (Å²) >= 11 is 0. The Kier molecular flexibility index (Phi) is 10.8. The number of carbonyl (C=O) groups excluding carboxylic acids is 3. The summed E-state index contributed by atoms with van der Waals surface area (Å²) in [4.78, 5) is 38.8. The molecule has 2 aromatic rings. The van der Waals surface area contributed by atoms with Gasteiger partial charge in [0, 0.05) is 37.9 Å².